The summed E-state index contributed by atoms with van der Waals surface area (Å²) in [5.74, 6) is -1.09. The fourth-order valence-electron chi connectivity index (χ4n) is 1.01. The minimum atomic E-state index is -1.09. The van der Waals surface area contributed by atoms with Gasteiger partial charge in [-0.05, 0) is 27.2 Å². The fraction of sp³-hybridized carbons (Fsp3) is 0.800. The lowest BCUT2D eigenvalue weighted by molar-refractivity contribution is -0.139. The molecule has 0 saturated carbocycles. The first-order valence-corrected chi connectivity index (χ1v) is 5.54. The smallest absolute Gasteiger partial charge is 0.408 e. The number of thiol groups is 1. The number of carboxylic acid groups (broad SMARTS) is 1. The number of aliphatic carboxylic acids is 1. The van der Waals surface area contributed by atoms with Gasteiger partial charge in [0.15, 0.2) is 0 Å². The lowest BCUT2D eigenvalue weighted by Gasteiger charge is -2.22. The fourth-order valence-corrected chi connectivity index (χ4v) is 1.22. The molecule has 0 bridgehead atoms. The van der Waals surface area contributed by atoms with Crippen molar-refractivity contribution in [1.82, 2.24) is 5.32 Å². The van der Waals surface area contributed by atoms with Gasteiger partial charge in [0.25, 0.3) is 0 Å². The zero-order valence-corrected chi connectivity index (χ0v) is 10.9. The molecule has 0 rings (SSSR count). The molecule has 0 spiro atoms. The van der Waals surface area contributed by atoms with E-state index in [9.17, 15) is 9.59 Å². The number of alkyl carbamates (subject to hydrolysis) is 1. The molecule has 6 heteroatoms. The van der Waals surface area contributed by atoms with E-state index in [4.69, 9.17) is 9.84 Å². The van der Waals surface area contributed by atoms with Crippen LogP contribution in [0.3, 0.4) is 0 Å². The number of hydrogen-bond donors (Lipinski definition) is 3. The Balaban J connectivity index is 4.30. The molecule has 0 aliphatic carbocycles. The van der Waals surface area contributed by atoms with Crippen molar-refractivity contribution in [2.24, 2.45) is 0 Å². The van der Waals surface area contributed by atoms with Crippen LogP contribution >= 0.6 is 12.6 Å². The first kappa shape index (κ1) is 15.1. The van der Waals surface area contributed by atoms with Crippen LogP contribution in [0, 0.1) is 0 Å². The maximum Gasteiger partial charge on any atom is 0.408 e. The Hall–Kier alpha value is -0.910. The SMILES string of the molecule is CC(S)CC(NC(=O)OC(C)(C)C)C(=O)O. The standard InChI is InChI=1S/C10H19NO4S/c1-6(16)5-7(8(12)13)11-9(14)15-10(2,3)4/h6-7,16H,5H2,1-4H3,(H,11,14)(H,12,13). The number of nitrogens with one attached hydrogen (secondary N) is 1. The minimum absolute atomic E-state index is 0.115. The number of carbonyl (C=O) groups is 2. The van der Waals surface area contributed by atoms with Crippen molar-refractivity contribution < 1.29 is 19.4 Å². The van der Waals surface area contributed by atoms with Crippen LogP contribution in [0.25, 0.3) is 0 Å². The van der Waals surface area contributed by atoms with E-state index in [1.54, 1.807) is 27.7 Å². The molecule has 94 valence electrons. The van der Waals surface area contributed by atoms with Crippen molar-refractivity contribution in [2.45, 2.75) is 51.0 Å². The monoisotopic (exact) mass is 249 g/mol. The average Bonchev–Trinajstić information content (AvgIpc) is 1.97. The number of amides is 1. The van der Waals surface area contributed by atoms with E-state index in [0.29, 0.717) is 0 Å². The number of hydrogen-bond acceptors (Lipinski definition) is 4. The van der Waals surface area contributed by atoms with E-state index < -0.39 is 23.7 Å². The van der Waals surface area contributed by atoms with Gasteiger partial charge in [-0.15, -0.1) is 0 Å². The summed E-state index contributed by atoms with van der Waals surface area (Å²) in [5.41, 5.74) is -0.639. The van der Waals surface area contributed by atoms with Crippen LogP contribution in [0.4, 0.5) is 4.79 Å². The van der Waals surface area contributed by atoms with Gasteiger partial charge in [0.2, 0.25) is 0 Å². The molecule has 0 aliphatic heterocycles. The first-order chi connectivity index (χ1) is 7.11. The highest BCUT2D eigenvalue weighted by atomic mass is 32.1. The molecule has 2 unspecified atom stereocenters. The number of rotatable bonds is 4. The van der Waals surface area contributed by atoms with E-state index in [1.165, 1.54) is 0 Å². The van der Waals surface area contributed by atoms with Crippen molar-refractivity contribution >= 4 is 24.7 Å². The number of ether oxygens (including phenoxy) is 1. The molecule has 0 aromatic rings. The lowest BCUT2D eigenvalue weighted by Crippen LogP contribution is -2.44. The molecule has 0 aromatic carbocycles. The lowest BCUT2D eigenvalue weighted by atomic mass is 10.1. The molecule has 2 atom stereocenters. The maximum atomic E-state index is 11.3. The Labute approximate surface area is 101 Å². The zero-order chi connectivity index (χ0) is 12.9. The predicted octanol–water partition coefficient (Wildman–Crippen LogP) is 1.67. The minimum Gasteiger partial charge on any atom is -0.480 e. The molecule has 5 nitrogen and oxygen atoms in total. The van der Waals surface area contributed by atoms with Gasteiger partial charge >= 0.3 is 12.1 Å². The highest BCUT2D eigenvalue weighted by Gasteiger charge is 2.24. The van der Waals surface area contributed by atoms with Crippen molar-refractivity contribution in [2.75, 3.05) is 0 Å². The number of carbonyl (C=O) groups excluding carboxylic acids is 1. The summed E-state index contributed by atoms with van der Waals surface area (Å²) in [7, 11) is 0. The molecule has 0 saturated heterocycles. The predicted molar refractivity (Wildman–Crippen MR) is 63.9 cm³/mol. The molecule has 0 aromatic heterocycles. The second-order valence-electron chi connectivity index (χ2n) is 4.62. The van der Waals surface area contributed by atoms with Gasteiger partial charge in [-0.2, -0.15) is 12.6 Å². The Kier molecular flexibility index (Phi) is 5.64. The summed E-state index contributed by atoms with van der Waals surface area (Å²) in [6.07, 6.45) is -0.480. The van der Waals surface area contributed by atoms with Crippen LogP contribution in [0.2, 0.25) is 0 Å². The van der Waals surface area contributed by atoms with Crippen molar-refractivity contribution in [3.8, 4) is 0 Å². The van der Waals surface area contributed by atoms with Crippen molar-refractivity contribution in [3.63, 3.8) is 0 Å². The quantitative estimate of drug-likeness (QED) is 0.662. The van der Waals surface area contributed by atoms with Gasteiger partial charge in [-0.3, -0.25) is 0 Å². The van der Waals surface area contributed by atoms with Gasteiger partial charge in [0.1, 0.15) is 11.6 Å². The Morgan fingerprint density at radius 1 is 1.44 bits per heavy atom. The summed E-state index contributed by atoms with van der Waals surface area (Å²) < 4.78 is 4.96. The van der Waals surface area contributed by atoms with E-state index in [-0.39, 0.29) is 11.7 Å². The largest absolute Gasteiger partial charge is 0.480 e. The van der Waals surface area contributed by atoms with Gasteiger partial charge in [-0.1, -0.05) is 6.92 Å². The molecule has 16 heavy (non-hydrogen) atoms. The normalized spacial score (nSPS) is 15.1. The molecular formula is C10H19NO4S. The molecule has 2 N–H and O–H groups in total. The third kappa shape index (κ3) is 7.39. The molecule has 0 aliphatic rings. The zero-order valence-electron chi connectivity index (χ0n) is 9.98. The van der Waals surface area contributed by atoms with Gasteiger partial charge in [0, 0.05) is 5.25 Å². The summed E-state index contributed by atoms with van der Waals surface area (Å²) >= 11 is 4.09. The Morgan fingerprint density at radius 3 is 2.25 bits per heavy atom. The van der Waals surface area contributed by atoms with E-state index in [2.05, 4.69) is 17.9 Å². The maximum absolute atomic E-state index is 11.3. The second-order valence-corrected chi connectivity index (χ2v) is 5.50. The van der Waals surface area contributed by atoms with E-state index in [1.807, 2.05) is 0 Å². The van der Waals surface area contributed by atoms with Crippen LogP contribution in [0.5, 0.6) is 0 Å². The Morgan fingerprint density at radius 2 is 1.94 bits per heavy atom. The highest BCUT2D eigenvalue weighted by Crippen LogP contribution is 2.09. The summed E-state index contributed by atoms with van der Waals surface area (Å²) in [6.45, 7) is 6.90. The first-order valence-electron chi connectivity index (χ1n) is 5.02. The van der Waals surface area contributed by atoms with Crippen LogP contribution in [0.1, 0.15) is 34.1 Å². The van der Waals surface area contributed by atoms with Crippen LogP contribution in [-0.4, -0.2) is 34.1 Å². The average molecular weight is 249 g/mol. The summed E-state index contributed by atoms with van der Waals surface area (Å²) in [6, 6.07) is -0.970. The topological polar surface area (TPSA) is 75.6 Å². The van der Waals surface area contributed by atoms with Gasteiger partial charge in [-0.25, -0.2) is 9.59 Å². The van der Waals surface area contributed by atoms with Crippen LogP contribution < -0.4 is 5.32 Å². The second kappa shape index (κ2) is 5.98. The third-order valence-corrected chi connectivity index (χ3v) is 1.78. The molecule has 1 amide bonds. The van der Waals surface area contributed by atoms with Gasteiger partial charge in [0.05, 0.1) is 0 Å². The third-order valence-electron chi connectivity index (χ3n) is 1.57. The highest BCUT2D eigenvalue weighted by molar-refractivity contribution is 7.80. The summed E-state index contributed by atoms with van der Waals surface area (Å²) in [5, 5.41) is 11.0. The Bertz CT molecular complexity index is 260. The van der Waals surface area contributed by atoms with Gasteiger partial charge < -0.3 is 15.2 Å². The van der Waals surface area contributed by atoms with Crippen molar-refractivity contribution in [1.29, 1.82) is 0 Å². The molecule has 0 heterocycles. The molecule has 0 fully saturated rings. The molecular weight excluding hydrogens is 230 g/mol. The van der Waals surface area contributed by atoms with Crippen LogP contribution in [0.15, 0.2) is 0 Å². The molecule has 0 radical (unpaired) electrons. The summed E-state index contributed by atoms with van der Waals surface area (Å²) in [4.78, 5) is 22.2. The number of carboxylic acids is 1. The van der Waals surface area contributed by atoms with Crippen molar-refractivity contribution in [3.05, 3.63) is 0 Å². The van der Waals surface area contributed by atoms with E-state index in [0.717, 1.165) is 0 Å². The van der Waals surface area contributed by atoms with E-state index >= 15 is 0 Å². The van der Waals surface area contributed by atoms with Crippen LogP contribution in [-0.2, 0) is 9.53 Å².